The van der Waals surface area contributed by atoms with Crippen LogP contribution < -0.4 is 14.8 Å². The fourth-order valence-electron chi connectivity index (χ4n) is 1.55. The van der Waals surface area contributed by atoms with Crippen LogP contribution in [0.15, 0.2) is 18.2 Å². The van der Waals surface area contributed by atoms with Gasteiger partial charge in [-0.2, -0.15) is 8.78 Å². The average molecular weight is 291 g/mol. The minimum absolute atomic E-state index is 0.0595. The van der Waals surface area contributed by atoms with Crippen LogP contribution in [0.25, 0.3) is 0 Å². The maximum atomic E-state index is 12.4. The van der Waals surface area contributed by atoms with Crippen LogP contribution in [0.2, 0.25) is 0 Å². The molecule has 0 spiro atoms. The van der Waals surface area contributed by atoms with Crippen molar-refractivity contribution >= 4 is 0 Å². The summed E-state index contributed by atoms with van der Waals surface area (Å²) < 4.78 is 34.4. The van der Waals surface area contributed by atoms with Crippen molar-refractivity contribution in [1.82, 2.24) is 5.32 Å². The SMILES string of the molecule is COc1cccc(CNC(C)(CO)CO)c1OC(F)F. The van der Waals surface area contributed by atoms with Gasteiger partial charge in [0.1, 0.15) is 0 Å². The number of hydrogen-bond acceptors (Lipinski definition) is 5. The molecule has 0 saturated heterocycles. The molecule has 0 unspecified atom stereocenters. The van der Waals surface area contributed by atoms with E-state index in [-0.39, 0.29) is 31.3 Å². The number of aliphatic hydroxyl groups excluding tert-OH is 2. The number of ether oxygens (including phenoxy) is 2. The van der Waals surface area contributed by atoms with Crippen LogP contribution in [0.5, 0.6) is 11.5 Å². The molecule has 5 nitrogen and oxygen atoms in total. The zero-order valence-electron chi connectivity index (χ0n) is 11.4. The Bertz CT molecular complexity index is 425. The third kappa shape index (κ3) is 4.29. The average Bonchev–Trinajstić information content (AvgIpc) is 2.45. The molecule has 1 aromatic rings. The molecule has 0 amide bonds. The van der Waals surface area contributed by atoms with Gasteiger partial charge in [-0.1, -0.05) is 12.1 Å². The molecule has 0 heterocycles. The number of aliphatic hydroxyl groups is 2. The second kappa shape index (κ2) is 7.37. The van der Waals surface area contributed by atoms with Crippen LogP contribution in [-0.4, -0.2) is 42.7 Å². The first-order valence-electron chi connectivity index (χ1n) is 6.03. The van der Waals surface area contributed by atoms with Crippen LogP contribution in [0.3, 0.4) is 0 Å². The molecule has 0 radical (unpaired) electrons. The molecule has 1 aromatic carbocycles. The Balaban J connectivity index is 2.93. The predicted molar refractivity (Wildman–Crippen MR) is 69.0 cm³/mol. The highest BCUT2D eigenvalue weighted by Gasteiger charge is 2.23. The molecule has 1 rings (SSSR count). The van der Waals surface area contributed by atoms with Gasteiger partial charge in [0, 0.05) is 12.1 Å². The van der Waals surface area contributed by atoms with Gasteiger partial charge < -0.3 is 25.0 Å². The molecule has 0 atom stereocenters. The van der Waals surface area contributed by atoms with Crippen molar-refractivity contribution in [3.05, 3.63) is 23.8 Å². The van der Waals surface area contributed by atoms with Gasteiger partial charge in [0.2, 0.25) is 0 Å². The summed E-state index contributed by atoms with van der Waals surface area (Å²) in [5, 5.41) is 21.3. The van der Waals surface area contributed by atoms with E-state index in [0.717, 1.165) is 0 Å². The van der Waals surface area contributed by atoms with E-state index in [9.17, 15) is 19.0 Å². The quantitative estimate of drug-likeness (QED) is 0.670. The van der Waals surface area contributed by atoms with E-state index < -0.39 is 12.2 Å². The van der Waals surface area contributed by atoms with E-state index in [1.165, 1.54) is 13.2 Å². The van der Waals surface area contributed by atoms with Crippen molar-refractivity contribution < 1.29 is 28.5 Å². The summed E-state index contributed by atoms with van der Waals surface area (Å²) in [7, 11) is 1.36. The van der Waals surface area contributed by atoms with E-state index in [1.807, 2.05) is 0 Å². The van der Waals surface area contributed by atoms with Gasteiger partial charge in [0.15, 0.2) is 11.5 Å². The number of halogens is 2. The molecule has 0 saturated carbocycles. The number of benzene rings is 1. The number of hydrogen-bond donors (Lipinski definition) is 3. The first kappa shape index (κ1) is 16.6. The van der Waals surface area contributed by atoms with Gasteiger partial charge in [-0.15, -0.1) is 0 Å². The van der Waals surface area contributed by atoms with Gasteiger partial charge in [0.05, 0.1) is 25.9 Å². The molecular weight excluding hydrogens is 272 g/mol. The van der Waals surface area contributed by atoms with Crippen LogP contribution in [0, 0.1) is 0 Å². The molecule has 0 bridgehead atoms. The largest absolute Gasteiger partial charge is 0.493 e. The maximum absolute atomic E-state index is 12.4. The molecule has 3 N–H and O–H groups in total. The van der Waals surface area contributed by atoms with Crippen LogP contribution >= 0.6 is 0 Å². The Morgan fingerprint density at radius 3 is 2.45 bits per heavy atom. The predicted octanol–water partition coefficient (Wildman–Crippen LogP) is 1.13. The number of alkyl halides is 2. The van der Waals surface area contributed by atoms with Gasteiger partial charge in [-0.3, -0.25) is 0 Å². The van der Waals surface area contributed by atoms with Crippen molar-refractivity contribution in [1.29, 1.82) is 0 Å². The number of para-hydroxylation sites is 1. The zero-order valence-corrected chi connectivity index (χ0v) is 11.4. The molecular formula is C13H19F2NO4. The number of methoxy groups -OCH3 is 1. The normalized spacial score (nSPS) is 11.8. The van der Waals surface area contributed by atoms with E-state index in [0.29, 0.717) is 5.56 Å². The Morgan fingerprint density at radius 1 is 1.30 bits per heavy atom. The monoisotopic (exact) mass is 291 g/mol. The summed E-state index contributed by atoms with van der Waals surface area (Å²) in [5.41, 5.74) is -0.469. The fourth-order valence-corrected chi connectivity index (χ4v) is 1.55. The van der Waals surface area contributed by atoms with Gasteiger partial charge in [0.25, 0.3) is 0 Å². The third-order valence-electron chi connectivity index (χ3n) is 2.89. The highest BCUT2D eigenvalue weighted by atomic mass is 19.3. The minimum atomic E-state index is -2.97. The summed E-state index contributed by atoms with van der Waals surface area (Å²) in [6.07, 6.45) is 0. The van der Waals surface area contributed by atoms with Crippen molar-refractivity contribution in [2.24, 2.45) is 0 Å². The second-order valence-electron chi connectivity index (χ2n) is 4.56. The minimum Gasteiger partial charge on any atom is -0.493 e. The number of nitrogens with one attached hydrogen (secondary N) is 1. The van der Waals surface area contributed by atoms with Gasteiger partial charge in [-0.05, 0) is 13.0 Å². The maximum Gasteiger partial charge on any atom is 0.387 e. The summed E-state index contributed by atoms with van der Waals surface area (Å²) in [5.74, 6) is 0.134. The molecule has 20 heavy (non-hydrogen) atoms. The molecule has 0 aliphatic heterocycles. The smallest absolute Gasteiger partial charge is 0.387 e. The summed E-state index contributed by atoms with van der Waals surface area (Å²) >= 11 is 0. The van der Waals surface area contributed by atoms with Crippen LogP contribution in [0.1, 0.15) is 12.5 Å². The van der Waals surface area contributed by atoms with Crippen LogP contribution in [-0.2, 0) is 6.54 Å². The zero-order chi connectivity index (χ0) is 15.2. The lowest BCUT2D eigenvalue weighted by Gasteiger charge is -2.27. The molecule has 0 aliphatic rings. The van der Waals surface area contributed by atoms with Gasteiger partial charge in [-0.25, -0.2) is 0 Å². The highest BCUT2D eigenvalue weighted by molar-refractivity contribution is 5.46. The lowest BCUT2D eigenvalue weighted by Crippen LogP contribution is -2.48. The second-order valence-corrected chi connectivity index (χ2v) is 4.56. The van der Waals surface area contributed by atoms with E-state index in [2.05, 4.69) is 10.1 Å². The Morgan fingerprint density at radius 2 is 1.95 bits per heavy atom. The molecule has 7 heteroatoms. The van der Waals surface area contributed by atoms with Crippen molar-refractivity contribution in [3.63, 3.8) is 0 Å². The Kier molecular flexibility index (Phi) is 6.12. The Labute approximate surface area is 116 Å². The molecule has 0 fully saturated rings. The lowest BCUT2D eigenvalue weighted by atomic mass is 10.0. The van der Waals surface area contributed by atoms with E-state index in [1.54, 1.807) is 19.1 Å². The van der Waals surface area contributed by atoms with Gasteiger partial charge >= 0.3 is 6.61 Å². The van der Waals surface area contributed by atoms with Crippen LogP contribution in [0.4, 0.5) is 8.78 Å². The lowest BCUT2D eigenvalue weighted by molar-refractivity contribution is -0.0519. The molecule has 0 aliphatic carbocycles. The summed E-state index contributed by atoms with van der Waals surface area (Å²) in [4.78, 5) is 0. The van der Waals surface area contributed by atoms with Crippen molar-refractivity contribution in [2.75, 3.05) is 20.3 Å². The van der Waals surface area contributed by atoms with Crippen molar-refractivity contribution in [2.45, 2.75) is 25.6 Å². The fraction of sp³-hybridized carbons (Fsp3) is 0.538. The highest BCUT2D eigenvalue weighted by Crippen LogP contribution is 2.32. The standard InChI is InChI=1S/C13H19F2NO4/c1-13(7-17,8-18)16-6-9-4-3-5-10(19-2)11(9)20-12(14)15/h3-5,12,16-18H,6-8H2,1-2H3. The number of rotatable bonds is 8. The molecule has 114 valence electrons. The summed E-state index contributed by atoms with van der Waals surface area (Å²) in [6.45, 7) is -1.80. The Hall–Kier alpha value is -1.44. The first-order valence-corrected chi connectivity index (χ1v) is 6.03. The topological polar surface area (TPSA) is 71.0 Å². The third-order valence-corrected chi connectivity index (χ3v) is 2.89. The van der Waals surface area contributed by atoms with Crippen molar-refractivity contribution in [3.8, 4) is 11.5 Å². The molecule has 0 aromatic heterocycles. The summed E-state index contributed by atoms with van der Waals surface area (Å²) in [6, 6.07) is 4.75. The van der Waals surface area contributed by atoms with E-state index in [4.69, 9.17) is 4.74 Å². The van der Waals surface area contributed by atoms with E-state index >= 15 is 0 Å². The first-order chi connectivity index (χ1) is 9.45.